The smallest absolute Gasteiger partial charge is 0.340 e. The van der Waals surface area contributed by atoms with E-state index in [1.165, 1.54) is 7.11 Å². The Kier molecular flexibility index (Phi) is 5.53. The van der Waals surface area contributed by atoms with Crippen molar-refractivity contribution in [3.8, 4) is 0 Å². The molecule has 1 amide bonds. The second kappa shape index (κ2) is 8.01. The number of hydrogen-bond donors (Lipinski definition) is 1. The number of nitrogens with one attached hydrogen (secondary N) is 1. The molecule has 0 radical (unpaired) electrons. The largest absolute Gasteiger partial charge is 0.465 e. The molecule has 26 heavy (non-hydrogen) atoms. The van der Waals surface area contributed by atoms with E-state index in [2.05, 4.69) is 10.2 Å². The molecule has 2 aromatic carbocycles. The number of methoxy groups -OCH3 is 1. The molecule has 1 aliphatic heterocycles. The number of esters is 1. The molecule has 6 heteroatoms. The molecule has 0 bridgehead atoms. The molecular weight excluding hydrogens is 332 g/mol. The number of anilines is 2. The molecule has 0 saturated carbocycles. The minimum Gasteiger partial charge on any atom is -0.465 e. The van der Waals surface area contributed by atoms with Crippen molar-refractivity contribution in [2.75, 3.05) is 43.6 Å². The molecule has 0 unspecified atom stereocenters. The Bertz CT molecular complexity index is 813. The molecule has 0 aliphatic carbocycles. The van der Waals surface area contributed by atoms with Crippen molar-refractivity contribution < 1.29 is 19.1 Å². The quantitative estimate of drug-likeness (QED) is 0.855. The van der Waals surface area contributed by atoms with Gasteiger partial charge in [0.1, 0.15) is 0 Å². The average molecular weight is 354 g/mol. The van der Waals surface area contributed by atoms with Crippen LogP contribution in [-0.2, 0) is 9.47 Å². The summed E-state index contributed by atoms with van der Waals surface area (Å²) in [6, 6.07) is 12.7. The molecule has 6 nitrogen and oxygen atoms in total. The number of ether oxygens (including phenoxy) is 2. The zero-order chi connectivity index (χ0) is 18.5. The van der Waals surface area contributed by atoms with E-state index in [0.717, 1.165) is 24.3 Å². The van der Waals surface area contributed by atoms with Gasteiger partial charge in [-0.1, -0.05) is 17.7 Å². The van der Waals surface area contributed by atoms with Crippen molar-refractivity contribution >= 4 is 23.3 Å². The maximum Gasteiger partial charge on any atom is 0.340 e. The average Bonchev–Trinajstić information content (AvgIpc) is 2.68. The van der Waals surface area contributed by atoms with Gasteiger partial charge in [0.25, 0.3) is 5.91 Å². The van der Waals surface area contributed by atoms with Crippen LogP contribution >= 0.6 is 0 Å². The number of carbonyl (C=O) groups excluding carboxylic acids is 2. The minimum absolute atomic E-state index is 0.266. The van der Waals surface area contributed by atoms with Crippen LogP contribution in [0.4, 0.5) is 11.4 Å². The van der Waals surface area contributed by atoms with E-state index in [9.17, 15) is 9.59 Å². The van der Waals surface area contributed by atoms with E-state index in [-0.39, 0.29) is 5.91 Å². The van der Waals surface area contributed by atoms with Crippen molar-refractivity contribution in [3.63, 3.8) is 0 Å². The van der Waals surface area contributed by atoms with E-state index in [1.807, 2.05) is 25.1 Å². The van der Waals surface area contributed by atoms with Gasteiger partial charge in [-0.2, -0.15) is 0 Å². The number of rotatable bonds is 4. The Hall–Kier alpha value is -2.86. The van der Waals surface area contributed by atoms with Gasteiger partial charge in [-0.3, -0.25) is 4.79 Å². The fraction of sp³-hybridized carbons (Fsp3) is 0.300. The highest BCUT2D eigenvalue weighted by atomic mass is 16.5. The first kappa shape index (κ1) is 17.9. The van der Waals surface area contributed by atoms with Gasteiger partial charge in [0.15, 0.2) is 0 Å². The van der Waals surface area contributed by atoms with Crippen molar-refractivity contribution in [2.24, 2.45) is 0 Å². The molecular formula is C20H22N2O4. The number of hydrogen-bond acceptors (Lipinski definition) is 5. The van der Waals surface area contributed by atoms with Crippen molar-refractivity contribution in [1.29, 1.82) is 0 Å². The van der Waals surface area contributed by atoms with Crippen molar-refractivity contribution in [1.82, 2.24) is 0 Å². The highest BCUT2D eigenvalue weighted by molar-refractivity contribution is 6.08. The lowest BCUT2D eigenvalue weighted by Gasteiger charge is -2.29. The summed E-state index contributed by atoms with van der Waals surface area (Å²) in [6.45, 7) is 4.75. The topological polar surface area (TPSA) is 67.9 Å². The summed E-state index contributed by atoms with van der Waals surface area (Å²) < 4.78 is 10.3. The predicted octanol–water partition coefficient (Wildman–Crippen LogP) is 2.87. The van der Waals surface area contributed by atoms with E-state index in [4.69, 9.17) is 9.47 Å². The van der Waals surface area contributed by atoms with Crippen LogP contribution in [0.2, 0.25) is 0 Å². The molecule has 2 aromatic rings. The summed E-state index contributed by atoms with van der Waals surface area (Å²) >= 11 is 0. The fourth-order valence-electron chi connectivity index (χ4n) is 2.92. The van der Waals surface area contributed by atoms with Crippen LogP contribution in [0.3, 0.4) is 0 Å². The van der Waals surface area contributed by atoms with Gasteiger partial charge in [0.2, 0.25) is 0 Å². The Morgan fingerprint density at radius 3 is 2.58 bits per heavy atom. The number of nitrogens with zero attached hydrogens (tertiary/aromatic N) is 1. The molecule has 1 saturated heterocycles. The minimum atomic E-state index is -0.486. The number of carbonyl (C=O) groups is 2. The summed E-state index contributed by atoms with van der Waals surface area (Å²) in [7, 11) is 1.33. The molecule has 0 spiro atoms. The zero-order valence-electron chi connectivity index (χ0n) is 15.0. The van der Waals surface area contributed by atoms with E-state index in [0.29, 0.717) is 30.0 Å². The first-order valence-corrected chi connectivity index (χ1v) is 8.51. The Morgan fingerprint density at radius 1 is 1.12 bits per heavy atom. The lowest BCUT2D eigenvalue weighted by molar-refractivity contribution is 0.0602. The van der Waals surface area contributed by atoms with Gasteiger partial charge < -0.3 is 19.7 Å². The third-order valence-electron chi connectivity index (χ3n) is 4.31. The SMILES string of the molecule is COC(=O)c1cc(N2CCOCC2)ccc1NC(=O)c1cccc(C)c1. The van der Waals surface area contributed by atoms with Crippen molar-refractivity contribution in [2.45, 2.75) is 6.92 Å². The molecule has 0 atom stereocenters. The molecule has 3 rings (SSSR count). The number of morpholine rings is 1. The maximum absolute atomic E-state index is 12.5. The van der Waals surface area contributed by atoms with Gasteiger partial charge in [-0.15, -0.1) is 0 Å². The standard InChI is InChI=1S/C20H22N2O4/c1-14-4-3-5-15(12-14)19(23)21-18-7-6-16(13-17(18)20(24)25-2)22-8-10-26-11-9-22/h3-7,12-13H,8-11H2,1-2H3,(H,21,23). The first-order chi connectivity index (χ1) is 12.6. The number of amides is 1. The molecule has 0 aromatic heterocycles. The lowest BCUT2D eigenvalue weighted by Crippen LogP contribution is -2.36. The zero-order valence-corrected chi connectivity index (χ0v) is 15.0. The number of aryl methyl sites for hydroxylation is 1. The predicted molar refractivity (Wildman–Crippen MR) is 99.9 cm³/mol. The Labute approximate surface area is 152 Å². The van der Waals surface area contributed by atoms with Crippen LogP contribution in [0.15, 0.2) is 42.5 Å². The normalized spacial score (nSPS) is 14.0. The second-order valence-electron chi connectivity index (χ2n) is 6.14. The molecule has 1 aliphatic rings. The van der Waals surface area contributed by atoms with Crippen LogP contribution < -0.4 is 10.2 Å². The number of benzene rings is 2. The summed E-state index contributed by atoms with van der Waals surface area (Å²) in [6.07, 6.45) is 0. The second-order valence-corrected chi connectivity index (χ2v) is 6.14. The van der Waals surface area contributed by atoms with Crippen LogP contribution in [0.1, 0.15) is 26.3 Å². The Balaban J connectivity index is 1.88. The summed E-state index contributed by atoms with van der Waals surface area (Å²) in [4.78, 5) is 26.9. The van der Waals surface area contributed by atoms with Crippen LogP contribution in [0.5, 0.6) is 0 Å². The molecule has 1 fully saturated rings. The van der Waals surface area contributed by atoms with Gasteiger partial charge in [-0.25, -0.2) is 4.79 Å². The highest BCUT2D eigenvalue weighted by Gasteiger charge is 2.19. The molecule has 1 N–H and O–H groups in total. The van der Waals surface area contributed by atoms with Gasteiger partial charge in [0, 0.05) is 24.3 Å². The van der Waals surface area contributed by atoms with Crippen LogP contribution in [0, 0.1) is 6.92 Å². The van der Waals surface area contributed by atoms with Gasteiger partial charge in [0.05, 0.1) is 31.6 Å². The van der Waals surface area contributed by atoms with E-state index in [1.54, 1.807) is 24.3 Å². The molecule has 136 valence electrons. The van der Waals surface area contributed by atoms with Gasteiger partial charge >= 0.3 is 5.97 Å². The summed E-state index contributed by atoms with van der Waals surface area (Å²) in [5, 5.41) is 2.82. The third kappa shape index (κ3) is 4.03. The summed E-state index contributed by atoms with van der Waals surface area (Å²) in [5.74, 6) is -0.752. The molecule has 1 heterocycles. The third-order valence-corrected chi connectivity index (χ3v) is 4.31. The monoisotopic (exact) mass is 354 g/mol. The van der Waals surface area contributed by atoms with Crippen molar-refractivity contribution in [3.05, 3.63) is 59.2 Å². The van der Waals surface area contributed by atoms with E-state index < -0.39 is 5.97 Å². The maximum atomic E-state index is 12.5. The van der Waals surface area contributed by atoms with Crippen LogP contribution in [0.25, 0.3) is 0 Å². The first-order valence-electron chi connectivity index (χ1n) is 8.51. The van der Waals surface area contributed by atoms with Gasteiger partial charge in [-0.05, 0) is 37.3 Å². The highest BCUT2D eigenvalue weighted by Crippen LogP contribution is 2.25. The fourth-order valence-corrected chi connectivity index (χ4v) is 2.92. The van der Waals surface area contributed by atoms with E-state index >= 15 is 0 Å². The Morgan fingerprint density at radius 2 is 1.88 bits per heavy atom. The lowest BCUT2D eigenvalue weighted by atomic mass is 10.1. The van der Waals surface area contributed by atoms with Crippen LogP contribution in [-0.4, -0.2) is 45.3 Å². The summed E-state index contributed by atoms with van der Waals surface area (Å²) in [5.41, 5.74) is 3.20.